The number of para-hydroxylation sites is 1. The number of nitrogens with one attached hydrogen (secondary N) is 1. The van der Waals surface area contributed by atoms with E-state index in [1.165, 1.54) is 23.1 Å². The molecule has 0 fully saturated rings. The van der Waals surface area contributed by atoms with E-state index >= 15 is 0 Å². The normalized spacial score (nSPS) is 12.0. The number of carbonyl (C=O) groups excluding carboxylic acids is 2. The highest BCUT2D eigenvalue weighted by molar-refractivity contribution is 5.95. The average molecular weight is 344 g/mol. The van der Waals surface area contributed by atoms with Crippen LogP contribution in [-0.4, -0.2) is 29.8 Å². The van der Waals surface area contributed by atoms with Crippen molar-refractivity contribution in [2.75, 3.05) is 18.4 Å². The Labute approximate surface area is 140 Å². The smallest absolute Gasteiger partial charge is 0.334 e. The lowest BCUT2D eigenvalue weighted by Gasteiger charge is -2.25. The van der Waals surface area contributed by atoms with Crippen LogP contribution in [0.1, 0.15) is 39.7 Å². The SMILES string of the molecule is CCN(CC(=O)Nc1ccccc1C(F)(F)F)C(=O)CC(C)(C)C. The summed E-state index contributed by atoms with van der Waals surface area (Å²) in [6.07, 6.45) is -4.30. The molecule has 0 unspecified atom stereocenters. The monoisotopic (exact) mass is 344 g/mol. The highest BCUT2D eigenvalue weighted by atomic mass is 19.4. The van der Waals surface area contributed by atoms with Gasteiger partial charge in [-0.2, -0.15) is 13.2 Å². The molecule has 7 heteroatoms. The molecule has 0 bridgehead atoms. The topological polar surface area (TPSA) is 49.4 Å². The van der Waals surface area contributed by atoms with Crippen LogP contribution >= 0.6 is 0 Å². The van der Waals surface area contributed by atoms with Gasteiger partial charge in [-0.05, 0) is 24.5 Å². The minimum absolute atomic E-state index is 0.204. The van der Waals surface area contributed by atoms with Crippen LogP contribution in [0, 0.1) is 5.41 Å². The Bertz CT molecular complexity index is 592. The fourth-order valence-electron chi connectivity index (χ4n) is 2.14. The van der Waals surface area contributed by atoms with E-state index in [1.807, 2.05) is 20.8 Å². The molecule has 0 aromatic heterocycles. The largest absolute Gasteiger partial charge is 0.418 e. The van der Waals surface area contributed by atoms with Gasteiger partial charge in [-0.15, -0.1) is 0 Å². The Morgan fingerprint density at radius 3 is 2.21 bits per heavy atom. The molecule has 0 radical (unpaired) electrons. The van der Waals surface area contributed by atoms with Crippen LogP contribution in [0.5, 0.6) is 0 Å². The molecule has 1 aromatic carbocycles. The van der Waals surface area contributed by atoms with Gasteiger partial charge in [-0.3, -0.25) is 9.59 Å². The molecule has 2 amide bonds. The van der Waals surface area contributed by atoms with Crippen molar-refractivity contribution in [2.24, 2.45) is 5.41 Å². The van der Waals surface area contributed by atoms with E-state index < -0.39 is 17.6 Å². The fraction of sp³-hybridized carbons (Fsp3) is 0.529. The first-order valence-electron chi connectivity index (χ1n) is 7.68. The predicted molar refractivity (Wildman–Crippen MR) is 86.4 cm³/mol. The summed E-state index contributed by atoms with van der Waals surface area (Å²) in [5.74, 6) is -0.861. The third-order valence-corrected chi connectivity index (χ3v) is 3.26. The van der Waals surface area contributed by atoms with Crippen molar-refractivity contribution < 1.29 is 22.8 Å². The lowest BCUT2D eigenvalue weighted by atomic mass is 9.91. The van der Waals surface area contributed by atoms with Gasteiger partial charge >= 0.3 is 6.18 Å². The molecule has 0 spiro atoms. The number of alkyl halides is 3. The Kier molecular flexibility index (Phi) is 6.40. The highest BCUT2D eigenvalue weighted by Crippen LogP contribution is 2.34. The molecular formula is C17H23F3N2O2. The molecule has 0 atom stereocenters. The second-order valence-corrected chi connectivity index (χ2v) is 6.74. The molecule has 134 valence electrons. The number of nitrogens with zero attached hydrogens (tertiary/aromatic N) is 1. The Hall–Kier alpha value is -2.05. The zero-order valence-electron chi connectivity index (χ0n) is 14.3. The van der Waals surface area contributed by atoms with Crippen LogP contribution in [0.25, 0.3) is 0 Å². The molecule has 24 heavy (non-hydrogen) atoms. The molecule has 4 nitrogen and oxygen atoms in total. The molecule has 1 rings (SSSR count). The Balaban J connectivity index is 2.80. The minimum Gasteiger partial charge on any atom is -0.334 e. The predicted octanol–water partition coefficient (Wildman–Crippen LogP) is 3.93. The van der Waals surface area contributed by atoms with Crippen LogP contribution < -0.4 is 5.32 Å². The van der Waals surface area contributed by atoms with E-state index in [4.69, 9.17) is 0 Å². The zero-order chi connectivity index (χ0) is 18.5. The fourth-order valence-corrected chi connectivity index (χ4v) is 2.14. The lowest BCUT2D eigenvalue weighted by Crippen LogP contribution is -2.39. The maximum atomic E-state index is 12.9. The van der Waals surface area contributed by atoms with E-state index in [9.17, 15) is 22.8 Å². The van der Waals surface area contributed by atoms with Gasteiger partial charge in [0.2, 0.25) is 11.8 Å². The maximum absolute atomic E-state index is 12.9. The number of halogens is 3. The quantitative estimate of drug-likeness (QED) is 0.880. The van der Waals surface area contributed by atoms with Gasteiger partial charge in [-0.25, -0.2) is 0 Å². The van der Waals surface area contributed by atoms with Crippen molar-refractivity contribution in [1.29, 1.82) is 0 Å². The van der Waals surface area contributed by atoms with E-state index in [1.54, 1.807) is 6.92 Å². The number of hydrogen-bond donors (Lipinski definition) is 1. The molecule has 0 aliphatic rings. The van der Waals surface area contributed by atoms with E-state index in [-0.39, 0.29) is 30.0 Å². The minimum atomic E-state index is -4.56. The van der Waals surface area contributed by atoms with E-state index in [0.717, 1.165) is 6.07 Å². The summed E-state index contributed by atoms with van der Waals surface area (Å²) >= 11 is 0. The van der Waals surface area contributed by atoms with Crippen molar-refractivity contribution in [2.45, 2.75) is 40.3 Å². The summed E-state index contributed by atoms with van der Waals surface area (Å²) in [6, 6.07) is 4.75. The first-order chi connectivity index (χ1) is 10.9. The summed E-state index contributed by atoms with van der Waals surface area (Å²) in [4.78, 5) is 25.6. The number of anilines is 1. The number of rotatable bonds is 5. The maximum Gasteiger partial charge on any atom is 0.418 e. The van der Waals surface area contributed by atoms with E-state index in [0.29, 0.717) is 6.54 Å². The third kappa shape index (κ3) is 6.22. The average Bonchev–Trinajstić information content (AvgIpc) is 2.42. The molecular weight excluding hydrogens is 321 g/mol. The van der Waals surface area contributed by atoms with Gasteiger partial charge in [-0.1, -0.05) is 32.9 Å². The van der Waals surface area contributed by atoms with Crippen molar-refractivity contribution >= 4 is 17.5 Å². The molecule has 0 aliphatic carbocycles. The highest BCUT2D eigenvalue weighted by Gasteiger charge is 2.33. The Morgan fingerprint density at radius 2 is 1.71 bits per heavy atom. The molecule has 0 saturated carbocycles. The van der Waals surface area contributed by atoms with Crippen LogP contribution in [-0.2, 0) is 15.8 Å². The number of hydrogen-bond acceptors (Lipinski definition) is 2. The van der Waals surface area contributed by atoms with Crippen molar-refractivity contribution in [1.82, 2.24) is 4.90 Å². The van der Waals surface area contributed by atoms with Gasteiger partial charge < -0.3 is 10.2 Å². The zero-order valence-corrected chi connectivity index (χ0v) is 14.3. The van der Waals surface area contributed by atoms with Gasteiger partial charge in [0, 0.05) is 13.0 Å². The van der Waals surface area contributed by atoms with Crippen molar-refractivity contribution in [3.05, 3.63) is 29.8 Å². The number of amides is 2. The first kappa shape index (κ1) is 20.0. The summed E-state index contributed by atoms with van der Waals surface area (Å²) in [6.45, 7) is 7.45. The van der Waals surface area contributed by atoms with Gasteiger partial charge in [0.1, 0.15) is 0 Å². The lowest BCUT2D eigenvalue weighted by molar-refractivity contribution is -0.137. The number of carbonyl (C=O) groups is 2. The standard InChI is InChI=1S/C17H23F3N2O2/c1-5-22(15(24)10-16(2,3)4)11-14(23)21-13-9-7-6-8-12(13)17(18,19)20/h6-9H,5,10-11H2,1-4H3,(H,21,23). The molecule has 0 aliphatic heterocycles. The summed E-state index contributed by atoms with van der Waals surface area (Å²) < 4.78 is 38.8. The summed E-state index contributed by atoms with van der Waals surface area (Å²) in [5.41, 5.74) is -1.46. The van der Waals surface area contributed by atoms with Crippen molar-refractivity contribution in [3.8, 4) is 0 Å². The van der Waals surface area contributed by atoms with Gasteiger partial charge in [0.25, 0.3) is 0 Å². The molecule has 0 saturated heterocycles. The van der Waals surface area contributed by atoms with E-state index in [2.05, 4.69) is 5.32 Å². The molecule has 1 N–H and O–H groups in total. The second kappa shape index (κ2) is 7.68. The van der Waals surface area contributed by atoms with Gasteiger partial charge in [0.15, 0.2) is 0 Å². The number of likely N-dealkylation sites (N-methyl/N-ethyl adjacent to an activating group) is 1. The Morgan fingerprint density at radius 1 is 1.12 bits per heavy atom. The van der Waals surface area contributed by atoms with Crippen LogP contribution in [0.15, 0.2) is 24.3 Å². The second-order valence-electron chi connectivity index (χ2n) is 6.74. The van der Waals surface area contributed by atoms with Gasteiger partial charge in [0.05, 0.1) is 17.8 Å². The van der Waals surface area contributed by atoms with Crippen LogP contribution in [0.2, 0.25) is 0 Å². The first-order valence-corrected chi connectivity index (χ1v) is 7.68. The summed E-state index contributed by atoms with van der Waals surface area (Å²) in [7, 11) is 0. The molecule has 1 aromatic rings. The van der Waals surface area contributed by atoms with Crippen LogP contribution in [0.4, 0.5) is 18.9 Å². The third-order valence-electron chi connectivity index (χ3n) is 3.26. The van der Waals surface area contributed by atoms with Crippen molar-refractivity contribution in [3.63, 3.8) is 0 Å². The van der Waals surface area contributed by atoms with Crippen LogP contribution in [0.3, 0.4) is 0 Å². The molecule has 0 heterocycles. The number of benzene rings is 1. The summed E-state index contributed by atoms with van der Waals surface area (Å²) in [5, 5.41) is 2.25.